The van der Waals surface area contributed by atoms with Crippen molar-refractivity contribution in [1.29, 1.82) is 0 Å². The fourth-order valence-electron chi connectivity index (χ4n) is 6.26. The van der Waals surface area contributed by atoms with Crippen LogP contribution in [0.3, 0.4) is 0 Å². The molecule has 0 bridgehead atoms. The van der Waals surface area contributed by atoms with E-state index in [1.54, 1.807) is 0 Å². The van der Waals surface area contributed by atoms with Crippen LogP contribution in [0.15, 0.2) is 133 Å². The fraction of sp³-hybridized carbons (Fsp3) is 0.105. The number of aromatic nitrogens is 1. The molecule has 6 aromatic rings. The van der Waals surface area contributed by atoms with Crippen molar-refractivity contribution < 1.29 is 0 Å². The second-order valence-corrected chi connectivity index (χ2v) is 10.7. The predicted molar refractivity (Wildman–Crippen MR) is 167 cm³/mol. The quantitative estimate of drug-likeness (QED) is 0.226. The van der Waals surface area contributed by atoms with Crippen LogP contribution in [0.4, 0.5) is 0 Å². The minimum absolute atomic E-state index is 0.310. The van der Waals surface area contributed by atoms with Gasteiger partial charge in [0, 0.05) is 22.4 Å². The Hall–Kier alpha value is -4.62. The summed E-state index contributed by atoms with van der Waals surface area (Å²) in [6, 6.07) is 44.1. The number of rotatable bonds is 4. The number of nitrogens with zero attached hydrogens (tertiary/aromatic N) is 1. The molecule has 0 radical (unpaired) electrons. The highest BCUT2D eigenvalue weighted by molar-refractivity contribution is 6.12. The minimum atomic E-state index is 0.310. The van der Waals surface area contributed by atoms with Gasteiger partial charge in [-0.3, -0.25) is 0 Å². The molecule has 0 saturated heterocycles. The van der Waals surface area contributed by atoms with Gasteiger partial charge in [0.25, 0.3) is 0 Å². The Balaban J connectivity index is 1.47. The zero-order valence-electron chi connectivity index (χ0n) is 22.4. The molecule has 1 unspecified atom stereocenters. The average Bonchev–Trinajstić information content (AvgIpc) is 3.31. The molecular weight excluding hydrogens is 470 g/mol. The van der Waals surface area contributed by atoms with Crippen molar-refractivity contribution in [2.24, 2.45) is 0 Å². The van der Waals surface area contributed by atoms with Crippen LogP contribution in [0.25, 0.3) is 44.2 Å². The number of allylic oxidation sites excluding steroid dienone is 4. The molecular formula is C38H31N. The number of para-hydroxylation sites is 1. The lowest BCUT2D eigenvalue weighted by molar-refractivity contribution is 0.840. The molecule has 0 N–H and O–H groups in total. The molecule has 1 aromatic heterocycles. The van der Waals surface area contributed by atoms with Crippen molar-refractivity contribution in [3.8, 4) is 11.1 Å². The van der Waals surface area contributed by atoms with Crippen LogP contribution in [0.1, 0.15) is 34.6 Å². The highest BCUT2D eigenvalue weighted by atomic mass is 15.0. The first-order valence-corrected chi connectivity index (χ1v) is 13.8. The monoisotopic (exact) mass is 501 g/mol. The number of benzene rings is 5. The molecule has 1 atom stereocenters. The van der Waals surface area contributed by atoms with E-state index in [1.165, 1.54) is 66.5 Å². The molecule has 39 heavy (non-hydrogen) atoms. The summed E-state index contributed by atoms with van der Waals surface area (Å²) in [5.74, 6) is 0.310. The third kappa shape index (κ3) is 4.11. The second kappa shape index (κ2) is 9.60. The molecule has 5 aromatic carbocycles. The van der Waals surface area contributed by atoms with Crippen molar-refractivity contribution in [2.75, 3.05) is 0 Å². The fourth-order valence-corrected chi connectivity index (χ4v) is 6.26. The van der Waals surface area contributed by atoms with Gasteiger partial charge in [-0.25, -0.2) is 0 Å². The molecule has 0 fully saturated rings. The third-order valence-corrected chi connectivity index (χ3v) is 8.21. The zero-order valence-corrected chi connectivity index (χ0v) is 22.4. The number of hydrogen-bond acceptors (Lipinski definition) is 0. The maximum Gasteiger partial charge on any atom is 0.0540 e. The van der Waals surface area contributed by atoms with Crippen molar-refractivity contribution in [3.63, 3.8) is 0 Å². The molecule has 0 spiro atoms. The Morgan fingerprint density at radius 3 is 2.08 bits per heavy atom. The van der Waals surface area contributed by atoms with Gasteiger partial charge >= 0.3 is 0 Å². The lowest BCUT2D eigenvalue weighted by Gasteiger charge is -2.25. The van der Waals surface area contributed by atoms with Gasteiger partial charge in [-0.2, -0.15) is 0 Å². The van der Waals surface area contributed by atoms with E-state index in [2.05, 4.69) is 152 Å². The van der Waals surface area contributed by atoms with E-state index in [-0.39, 0.29) is 0 Å². The molecule has 1 heterocycles. The van der Waals surface area contributed by atoms with Gasteiger partial charge in [0.1, 0.15) is 0 Å². The standard InChI is InChI=1S/C38H31N/c1-26-13-9-10-18-33(26)35-25-36-34-19-11-12-20-37(34)39(38(36)21-27(35)2)32-23-30(28-14-5-3-6-15-28)22-31(24-32)29-16-7-4-8-17-29/h3-23,25,31H,24H2,1-2H3. The smallest absolute Gasteiger partial charge is 0.0540 e. The van der Waals surface area contributed by atoms with E-state index in [0.29, 0.717) is 5.92 Å². The maximum absolute atomic E-state index is 2.52. The van der Waals surface area contributed by atoms with Gasteiger partial charge in [0.15, 0.2) is 0 Å². The number of hydrogen-bond donors (Lipinski definition) is 0. The minimum Gasteiger partial charge on any atom is -0.313 e. The first-order valence-electron chi connectivity index (χ1n) is 13.8. The summed E-state index contributed by atoms with van der Waals surface area (Å²) in [4.78, 5) is 0. The van der Waals surface area contributed by atoms with E-state index >= 15 is 0 Å². The van der Waals surface area contributed by atoms with E-state index in [1.807, 2.05) is 0 Å². The lowest BCUT2D eigenvalue weighted by Crippen LogP contribution is -2.08. The van der Waals surface area contributed by atoms with Crippen LogP contribution < -0.4 is 0 Å². The average molecular weight is 502 g/mol. The Kier molecular flexibility index (Phi) is 5.78. The van der Waals surface area contributed by atoms with Crippen molar-refractivity contribution >= 4 is 33.1 Å². The highest BCUT2D eigenvalue weighted by Crippen LogP contribution is 2.42. The summed E-state index contributed by atoms with van der Waals surface area (Å²) in [5.41, 5.74) is 13.0. The summed E-state index contributed by atoms with van der Waals surface area (Å²) < 4.78 is 2.52. The SMILES string of the molecule is Cc1ccccc1-c1cc2c3ccccc3n(C3=CC(c4ccccc4)=CC(c4ccccc4)C3)c2cc1C. The van der Waals surface area contributed by atoms with Crippen LogP contribution >= 0.6 is 0 Å². The molecule has 7 rings (SSSR count). The van der Waals surface area contributed by atoms with Crippen molar-refractivity contribution in [3.05, 3.63) is 156 Å². The summed E-state index contributed by atoms with van der Waals surface area (Å²) >= 11 is 0. The Morgan fingerprint density at radius 2 is 1.28 bits per heavy atom. The summed E-state index contributed by atoms with van der Waals surface area (Å²) in [6.07, 6.45) is 5.81. The first kappa shape index (κ1) is 23.5. The van der Waals surface area contributed by atoms with E-state index in [0.717, 1.165) is 6.42 Å². The summed E-state index contributed by atoms with van der Waals surface area (Å²) in [6.45, 7) is 4.46. The topological polar surface area (TPSA) is 4.93 Å². The van der Waals surface area contributed by atoms with Gasteiger partial charge in [-0.15, -0.1) is 0 Å². The molecule has 1 aliphatic rings. The molecule has 0 saturated carbocycles. The highest BCUT2D eigenvalue weighted by Gasteiger charge is 2.23. The summed E-state index contributed by atoms with van der Waals surface area (Å²) in [5, 5.41) is 2.61. The Morgan fingerprint density at radius 1 is 0.590 bits per heavy atom. The Labute approximate surface area is 230 Å². The summed E-state index contributed by atoms with van der Waals surface area (Å²) in [7, 11) is 0. The third-order valence-electron chi connectivity index (χ3n) is 8.21. The van der Waals surface area contributed by atoms with Gasteiger partial charge in [-0.1, -0.05) is 109 Å². The van der Waals surface area contributed by atoms with Crippen molar-refractivity contribution in [2.45, 2.75) is 26.2 Å². The maximum atomic E-state index is 2.52. The van der Waals surface area contributed by atoms with Crippen LogP contribution in [-0.4, -0.2) is 4.57 Å². The van der Waals surface area contributed by atoms with Gasteiger partial charge < -0.3 is 4.57 Å². The molecule has 0 amide bonds. The number of fused-ring (bicyclic) bond motifs is 3. The predicted octanol–water partition coefficient (Wildman–Crippen LogP) is 10.2. The van der Waals surface area contributed by atoms with Gasteiger partial charge in [-0.05, 0) is 83.5 Å². The largest absolute Gasteiger partial charge is 0.313 e. The van der Waals surface area contributed by atoms with Crippen LogP contribution in [0.5, 0.6) is 0 Å². The molecule has 1 aliphatic carbocycles. The van der Waals surface area contributed by atoms with Crippen molar-refractivity contribution in [1.82, 2.24) is 4.57 Å². The first-order chi connectivity index (χ1) is 19.2. The zero-order chi connectivity index (χ0) is 26.3. The lowest BCUT2D eigenvalue weighted by atomic mass is 9.85. The molecule has 188 valence electrons. The van der Waals surface area contributed by atoms with Gasteiger partial charge in [0.05, 0.1) is 11.0 Å². The van der Waals surface area contributed by atoms with Gasteiger partial charge in [0.2, 0.25) is 0 Å². The molecule has 1 nitrogen and oxygen atoms in total. The van der Waals surface area contributed by atoms with E-state index < -0.39 is 0 Å². The van der Waals surface area contributed by atoms with Crippen LogP contribution in [-0.2, 0) is 0 Å². The second-order valence-electron chi connectivity index (χ2n) is 10.7. The number of aryl methyl sites for hydroxylation is 2. The van der Waals surface area contributed by atoms with E-state index in [9.17, 15) is 0 Å². The van der Waals surface area contributed by atoms with Crippen LogP contribution in [0.2, 0.25) is 0 Å². The van der Waals surface area contributed by atoms with Crippen LogP contribution in [0, 0.1) is 13.8 Å². The normalized spacial score (nSPS) is 15.4. The molecule has 1 heteroatoms. The Bertz CT molecular complexity index is 1880. The molecule has 0 aliphatic heterocycles. The van der Waals surface area contributed by atoms with E-state index in [4.69, 9.17) is 0 Å².